The summed E-state index contributed by atoms with van der Waals surface area (Å²) in [5, 5.41) is 9.74. The van der Waals surface area contributed by atoms with E-state index in [0.29, 0.717) is 24.3 Å². The van der Waals surface area contributed by atoms with Crippen LogP contribution in [0, 0.1) is 12.9 Å². The molecule has 0 spiro atoms. The number of halogens is 1. The van der Waals surface area contributed by atoms with Crippen molar-refractivity contribution in [1.29, 1.82) is 0 Å². The summed E-state index contributed by atoms with van der Waals surface area (Å²) in [6, 6.07) is 15.6. The first-order valence-corrected chi connectivity index (χ1v) is 19.9. The van der Waals surface area contributed by atoms with Crippen LogP contribution in [0.15, 0.2) is 67.0 Å². The molecule has 1 aromatic carbocycles. The van der Waals surface area contributed by atoms with Crippen molar-refractivity contribution in [1.82, 2.24) is 29.5 Å². The number of aromatic nitrogens is 6. The lowest BCUT2D eigenvalue weighted by Crippen LogP contribution is -2.40. The molecule has 5 aromatic rings. The summed E-state index contributed by atoms with van der Waals surface area (Å²) in [6.45, 7) is 19.4. The van der Waals surface area contributed by atoms with Gasteiger partial charge in [0.15, 0.2) is 8.32 Å². The van der Waals surface area contributed by atoms with E-state index >= 15 is 4.39 Å². The number of pyridine rings is 2. The first-order chi connectivity index (χ1) is 23.3. The number of aryl methyl sites for hydroxylation is 1. The molecule has 0 aliphatic rings. The summed E-state index contributed by atoms with van der Waals surface area (Å²) in [5.41, 5.74) is 6.27. The molecule has 0 saturated carbocycles. The van der Waals surface area contributed by atoms with Crippen LogP contribution in [-0.4, -0.2) is 51.6 Å². The van der Waals surface area contributed by atoms with Crippen LogP contribution in [0.25, 0.3) is 28.5 Å². The van der Waals surface area contributed by atoms with Crippen LogP contribution in [0.5, 0.6) is 5.75 Å². The Bertz CT molecular complexity index is 1890. The van der Waals surface area contributed by atoms with E-state index in [2.05, 4.69) is 80.9 Å². The average Bonchev–Trinajstić information content (AvgIpc) is 3.65. The van der Waals surface area contributed by atoms with Gasteiger partial charge in [0, 0.05) is 37.8 Å². The quantitative estimate of drug-likeness (QED) is 0.0656. The van der Waals surface area contributed by atoms with E-state index in [9.17, 15) is 0 Å². The normalized spacial score (nSPS) is 12.5. The Morgan fingerprint density at radius 3 is 2.47 bits per heavy atom. The van der Waals surface area contributed by atoms with Crippen molar-refractivity contribution in [2.24, 2.45) is 0 Å². The Balaban J connectivity index is 1.51. The maximum Gasteiger partial charge on any atom is 0.222 e. The average molecular weight is 684 g/mol. The van der Waals surface area contributed by atoms with Crippen molar-refractivity contribution in [3.63, 3.8) is 0 Å². The van der Waals surface area contributed by atoms with Crippen molar-refractivity contribution in [3.8, 4) is 17.0 Å². The molecule has 11 heteroatoms. The number of ether oxygens (including phenoxy) is 1. The van der Waals surface area contributed by atoms with Gasteiger partial charge in [0.1, 0.15) is 16.8 Å². The summed E-state index contributed by atoms with van der Waals surface area (Å²) in [5.74, 6) is 0.233. The first-order valence-electron chi connectivity index (χ1n) is 17.0. The van der Waals surface area contributed by atoms with Gasteiger partial charge in [-0.15, -0.1) is 0 Å². The number of allylic oxidation sites excluding steroid dienone is 1. The lowest BCUT2D eigenvalue weighted by atomic mass is 10.1. The number of hydrogen-bond donors (Lipinski definition) is 0. The Kier molecular flexibility index (Phi) is 11.0. The molecule has 0 aliphatic heterocycles. The van der Waals surface area contributed by atoms with Gasteiger partial charge in [-0.2, -0.15) is 14.6 Å². The highest BCUT2D eigenvalue weighted by Crippen LogP contribution is 2.37. The Labute approximate surface area is 290 Å². The van der Waals surface area contributed by atoms with Gasteiger partial charge in [0.25, 0.3) is 0 Å². The van der Waals surface area contributed by atoms with Gasteiger partial charge < -0.3 is 14.1 Å². The fourth-order valence-corrected chi connectivity index (χ4v) is 6.57. The molecular weight excluding hydrogens is 634 g/mol. The SMILES string of the molecule is COc1ccc(CN(Cc2ccnn2/C=C/CCCO[Si](C)(C)C(C)(C)C)c2cc(-c3cccnc3F)nc3c(C)nn(C(C)C)c23)cc1. The van der Waals surface area contributed by atoms with Gasteiger partial charge in [-0.25, -0.2) is 14.6 Å². The summed E-state index contributed by atoms with van der Waals surface area (Å²) in [6.07, 6.45) is 9.31. The third-order valence-electron chi connectivity index (χ3n) is 9.34. The topological polar surface area (TPSA) is 83.1 Å². The standard InChI is InChI=1S/C38H50FN7O2Si/c1-27(2)46-36-34(24-33(42-35(36)28(3)43-46)32-14-13-20-40-37(32)39)44(25-29-15-17-31(47-7)18-16-29)26-30-19-21-41-45(30)22-11-10-12-23-48-49(8,9)38(4,5)6/h11,13-22,24,27H,10,12,23,25-26H2,1-9H3/b22-11+. The third-order valence-corrected chi connectivity index (χ3v) is 13.9. The van der Waals surface area contributed by atoms with Crippen LogP contribution >= 0.6 is 0 Å². The van der Waals surface area contributed by atoms with E-state index in [-0.39, 0.29) is 11.1 Å². The molecule has 49 heavy (non-hydrogen) atoms. The zero-order valence-corrected chi connectivity index (χ0v) is 31.4. The van der Waals surface area contributed by atoms with Crippen molar-refractivity contribution < 1.29 is 13.6 Å². The zero-order valence-electron chi connectivity index (χ0n) is 30.4. The number of unbranched alkanes of at least 4 members (excludes halogenated alkanes) is 1. The molecule has 0 saturated heterocycles. The molecule has 5 rings (SSSR count). The molecule has 0 N–H and O–H groups in total. The number of fused-ring (bicyclic) bond motifs is 1. The van der Waals surface area contributed by atoms with Crippen LogP contribution in [0.1, 0.15) is 70.5 Å². The first kappa shape index (κ1) is 35.9. The van der Waals surface area contributed by atoms with Crippen LogP contribution < -0.4 is 9.64 Å². The van der Waals surface area contributed by atoms with Gasteiger partial charge in [0.05, 0.1) is 42.0 Å². The van der Waals surface area contributed by atoms with E-state index in [0.717, 1.165) is 58.9 Å². The van der Waals surface area contributed by atoms with E-state index in [1.165, 1.54) is 6.20 Å². The van der Waals surface area contributed by atoms with Gasteiger partial charge >= 0.3 is 0 Å². The minimum atomic E-state index is -1.76. The van der Waals surface area contributed by atoms with Crippen molar-refractivity contribution in [3.05, 3.63) is 89.9 Å². The Morgan fingerprint density at radius 2 is 1.80 bits per heavy atom. The number of hydrogen-bond acceptors (Lipinski definition) is 7. The second-order valence-corrected chi connectivity index (χ2v) is 19.1. The van der Waals surface area contributed by atoms with Crippen LogP contribution in [-0.2, 0) is 17.5 Å². The number of nitrogens with zero attached hydrogens (tertiary/aromatic N) is 7. The van der Waals surface area contributed by atoms with Gasteiger partial charge in [0.2, 0.25) is 5.95 Å². The number of benzene rings is 1. The smallest absolute Gasteiger partial charge is 0.222 e. The van der Waals surface area contributed by atoms with E-state index in [1.807, 2.05) is 52.9 Å². The zero-order chi connectivity index (χ0) is 35.3. The highest BCUT2D eigenvalue weighted by atomic mass is 28.4. The molecule has 0 atom stereocenters. The highest BCUT2D eigenvalue weighted by molar-refractivity contribution is 6.74. The van der Waals surface area contributed by atoms with Gasteiger partial charge in [-0.3, -0.25) is 4.68 Å². The number of methoxy groups -OCH3 is 1. The summed E-state index contributed by atoms with van der Waals surface area (Å²) in [7, 11) is -0.0969. The van der Waals surface area contributed by atoms with E-state index < -0.39 is 14.3 Å². The molecule has 0 unspecified atom stereocenters. The Morgan fingerprint density at radius 1 is 1.04 bits per heavy atom. The van der Waals surface area contributed by atoms with Crippen molar-refractivity contribution in [2.45, 2.75) is 91.6 Å². The second kappa shape index (κ2) is 15.0. The van der Waals surface area contributed by atoms with Crippen LogP contribution in [0.3, 0.4) is 0 Å². The van der Waals surface area contributed by atoms with Gasteiger partial charge in [-0.1, -0.05) is 39.0 Å². The van der Waals surface area contributed by atoms with Crippen LogP contribution in [0.2, 0.25) is 18.1 Å². The highest BCUT2D eigenvalue weighted by Gasteiger charge is 2.36. The monoisotopic (exact) mass is 683 g/mol. The summed E-state index contributed by atoms with van der Waals surface area (Å²) >= 11 is 0. The second-order valence-electron chi connectivity index (χ2n) is 14.3. The third kappa shape index (κ3) is 8.28. The maximum atomic E-state index is 15.1. The molecule has 4 aromatic heterocycles. The molecule has 0 bridgehead atoms. The summed E-state index contributed by atoms with van der Waals surface area (Å²) < 4.78 is 30.8. The van der Waals surface area contributed by atoms with Crippen LogP contribution in [0.4, 0.5) is 10.1 Å². The summed E-state index contributed by atoms with van der Waals surface area (Å²) in [4.78, 5) is 11.2. The maximum absolute atomic E-state index is 15.1. The predicted octanol–water partition coefficient (Wildman–Crippen LogP) is 9.21. The van der Waals surface area contributed by atoms with Crippen molar-refractivity contribution in [2.75, 3.05) is 18.6 Å². The molecule has 260 valence electrons. The molecule has 0 aliphatic carbocycles. The van der Waals surface area contributed by atoms with E-state index in [4.69, 9.17) is 19.2 Å². The lowest BCUT2D eigenvalue weighted by molar-refractivity contribution is 0.283. The fourth-order valence-electron chi connectivity index (χ4n) is 5.49. The Hall–Kier alpha value is -4.35. The molecule has 4 heterocycles. The molecule has 0 fully saturated rings. The molecule has 0 amide bonds. The molecule has 9 nitrogen and oxygen atoms in total. The fraction of sp³-hybridized carbons (Fsp3) is 0.421. The lowest BCUT2D eigenvalue weighted by Gasteiger charge is -2.36. The largest absolute Gasteiger partial charge is 0.497 e. The minimum absolute atomic E-state index is 0.0784. The molecular formula is C38H50FN7O2Si. The minimum Gasteiger partial charge on any atom is -0.497 e. The number of anilines is 1. The molecule has 0 radical (unpaired) electrons. The van der Waals surface area contributed by atoms with Gasteiger partial charge in [-0.05, 0) is 93.7 Å². The predicted molar refractivity (Wildman–Crippen MR) is 199 cm³/mol. The van der Waals surface area contributed by atoms with Crippen molar-refractivity contribution >= 4 is 31.2 Å². The van der Waals surface area contributed by atoms with E-state index in [1.54, 1.807) is 19.2 Å². The number of rotatable bonds is 14.